The van der Waals surface area contributed by atoms with Gasteiger partial charge in [-0.2, -0.15) is 0 Å². The zero-order valence-electron chi connectivity index (χ0n) is 8.81. The fourth-order valence-electron chi connectivity index (χ4n) is 2.01. The molecule has 0 bridgehead atoms. The van der Waals surface area contributed by atoms with Crippen LogP contribution in [0.3, 0.4) is 0 Å². The number of hydrogen-bond donors (Lipinski definition) is 2. The predicted octanol–water partition coefficient (Wildman–Crippen LogP) is 1.12. The monoisotopic (exact) mass is 227 g/mol. The smallest absolute Gasteiger partial charge is 0.322 e. The number of benzene rings is 1. The summed E-state index contributed by atoms with van der Waals surface area (Å²) in [5, 5.41) is 6.65. The molecule has 84 valence electrons. The van der Waals surface area contributed by atoms with Gasteiger partial charge in [0.1, 0.15) is 6.04 Å². The Bertz CT molecular complexity index is 619. The van der Waals surface area contributed by atoms with Gasteiger partial charge in [-0.05, 0) is 5.39 Å². The van der Waals surface area contributed by atoms with E-state index < -0.39 is 12.1 Å². The van der Waals surface area contributed by atoms with Gasteiger partial charge in [0.05, 0.1) is 0 Å². The fourth-order valence-corrected chi connectivity index (χ4v) is 2.01. The number of imide groups is 1. The van der Waals surface area contributed by atoms with Crippen molar-refractivity contribution in [1.29, 1.82) is 0 Å². The van der Waals surface area contributed by atoms with E-state index in [9.17, 15) is 9.59 Å². The maximum Gasteiger partial charge on any atom is 0.322 e. The second kappa shape index (κ2) is 3.55. The molecule has 2 N–H and O–H groups in total. The third-order valence-electron chi connectivity index (χ3n) is 2.78. The molecule has 1 aromatic carbocycles. The van der Waals surface area contributed by atoms with E-state index in [4.69, 9.17) is 0 Å². The fraction of sp³-hybridized carbons (Fsp3) is 0.0833. The van der Waals surface area contributed by atoms with Crippen LogP contribution in [0.2, 0.25) is 0 Å². The lowest BCUT2D eigenvalue weighted by atomic mass is 10.0. The molecule has 1 aliphatic rings. The van der Waals surface area contributed by atoms with Crippen molar-refractivity contribution in [2.75, 3.05) is 0 Å². The maximum atomic E-state index is 11.6. The molecule has 17 heavy (non-hydrogen) atoms. The number of pyridine rings is 1. The molecule has 1 unspecified atom stereocenters. The van der Waals surface area contributed by atoms with Crippen LogP contribution in [0.15, 0.2) is 36.7 Å². The van der Waals surface area contributed by atoms with Gasteiger partial charge >= 0.3 is 6.03 Å². The SMILES string of the molecule is O=C1NC(=O)C(c2cncc3ccccc23)N1. The highest BCUT2D eigenvalue weighted by Crippen LogP contribution is 2.24. The summed E-state index contributed by atoms with van der Waals surface area (Å²) >= 11 is 0. The third-order valence-corrected chi connectivity index (χ3v) is 2.78. The largest absolute Gasteiger partial charge is 0.322 e. The molecular weight excluding hydrogens is 218 g/mol. The summed E-state index contributed by atoms with van der Waals surface area (Å²) in [4.78, 5) is 26.8. The van der Waals surface area contributed by atoms with Gasteiger partial charge in [-0.25, -0.2) is 4.79 Å². The lowest BCUT2D eigenvalue weighted by molar-refractivity contribution is -0.120. The molecule has 5 nitrogen and oxygen atoms in total. The van der Waals surface area contributed by atoms with Gasteiger partial charge in [0.15, 0.2) is 0 Å². The second-order valence-corrected chi connectivity index (χ2v) is 3.85. The Kier molecular flexibility index (Phi) is 2.04. The lowest BCUT2D eigenvalue weighted by Crippen LogP contribution is -2.22. The molecule has 0 spiro atoms. The molecular formula is C12H9N3O2. The molecule has 0 radical (unpaired) electrons. The van der Waals surface area contributed by atoms with Crippen LogP contribution in [-0.2, 0) is 4.79 Å². The van der Waals surface area contributed by atoms with Gasteiger partial charge in [-0.15, -0.1) is 0 Å². The Balaban J connectivity index is 2.17. The number of nitrogens with zero attached hydrogens (tertiary/aromatic N) is 1. The summed E-state index contributed by atoms with van der Waals surface area (Å²) in [6.07, 6.45) is 3.34. The molecule has 1 aromatic heterocycles. The normalized spacial score (nSPS) is 19.2. The van der Waals surface area contributed by atoms with Crippen molar-refractivity contribution in [3.05, 3.63) is 42.2 Å². The lowest BCUT2D eigenvalue weighted by Gasteiger charge is -2.10. The minimum atomic E-state index is -0.652. The van der Waals surface area contributed by atoms with Crippen LogP contribution in [0.1, 0.15) is 11.6 Å². The molecule has 3 amide bonds. The first-order valence-corrected chi connectivity index (χ1v) is 5.20. The molecule has 2 heterocycles. The number of hydrogen-bond acceptors (Lipinski definition) is 3. The number of urea groups is 1. The van der Waals surface area contributed by atoms with Crippen molar-refractivity contribution in [3.8, 4) is 0 Å². The van der Waals surface area contributed by atoms with E-state index in [0.29, 0.717) is 5.56 Å². The quantitative estimate of drug-likeness (QED) is 0.717. The number of fused-ring (bicyclic) bond motifs is 1. The van der Waals surface area contributed by atoms with Crippen molar-refractivity contribution >= 4 is 22.7 Å². The summed E-state index contributed by atoms with van der Waals surface area (Å²) in [5.74, 6) is -0.340. The highest BCUT2D eigenvalue weighted by Gasteiger charge is 2.31. The van der Waals surface area contributed by atoms with Crippen LogP contribution in [0.4, 0.5) is 4.79 Å². The Morgan fingerprint density at radius 3 is 2.71 bits per heavy atom. The first kappa shape index (κ1) is 9.77. The van der Waals surface area contributed by atoms with E-state index in [1.54, 1.807) is 12.4 Å². The van der Waals surface area contributed by atoms with E-state index in [1.807, 2.05) is 24.3 Å². The predicted molar refractivity (Wildman–Crippen MR) is 61.2 cm³/mol. The molecule has 3 rings (SSSR count). The van der Waals surface area contributed by atoms with Crippen LogP contribution in [-0.4, -0.2) is 16.9 Å². The second-order valence-electron chi connectivity index (χ2n) is 3.85. The summed E-state index contributed by atoms with van der Waals surface area (Å²) in [7, 11) is 0. The molecule has 2 aromatic rings. The van der Waals surface area contributed by atoms with Crippen LogP contribution < -0.4 is 10.6 Å². The van der Waals surface area contributed by atoms with Crippen LogP contribution >= 0.6 is 0 Å². The Morgan fingerprint density at radius 1 is 1.12 bits per heavy atom. The van der Waals surface area contributed by atoms with Crippen LogP contribution in [0.5, 0.6) is 0 Å². The molecule has 5 heteroatoms. The Morgan fingerprint density at radius 2 is 1.94 bits per heavy atom. The number of carbonyl (C=O) groups is 2. The summed E-state index contributed by atoms with van der Waals surface area (Å²) in [6, 6.07) is 6.50. The molecule has 1 saturated heterocycles. The third kappa shape index (κ3) is 1.52. The first-order chi connectivity index (χ1) is 8.25. The van der Waals surface area contributed by atoms with Crippen molar-refractivity contribution in [2.24, 2.45) is 0 Å². The minimum absolute atomic E-state index is 0.340. The summed E-state index contributed by atoms with van der Waals surface area (Å²) in [5.41, 5.74) is 0.714. The average Bonchev–Trinajstić information content (AvgIpc) is 2.68. The molecule has 0 saturated carbocycles. The van der Waals surface area contributed by atoms with E-state index >= 15 is 0 Å². The van der Waals surface area contributed by atoms with E-state index in [2.05, 4.69) is 15.6 Å². The van der Waals surface area contributed by atoms with Gasteiger partial charge in [0.25, 0.3) is 5.91 Å². The molecule has 0 aliphatic carbocycles. The van der Waals surface area contributed by atoms with Crippen LogP contribution in [0, 0.1) is 0 Å². The Hall–Kier alpha value is -2.43. The van der Waals surface area contributed by atoms with Crippen molar-refractivity contribution in [2.45, 2.75) is 6.04 Å². The topological polar surface area (TPSA) is 71.1 Å². The van der Waals surface area contributed by atoms with Crippen molar-refractivity contribution in [1.82, 2.24) is 15.6 Å². The summed E-state index contributed by atoms with van der Waals surface area (Å²) in [6.45, 7) is 0. The highest BCUT2D eigenvalue weighted by atomic mass is 16.2. The number of rotatable bonds is 1. The van der Waals surface area contributed by atoms with Crippen LogP contribution in [0.25, 0.3) is 10.8 Å². The van der Waals surface area contributed by atoms with Gasteiger partial charge in [-0.1, -0.05) is 24.3 Å². The van der Waals surface area contributed by atoms with Gasteiger partial charge < -0.3 is 5.32 Å². The standard InChI is InChI=1S/C12H9N3O2/c16-11-10(14-12(17)15-11)9-6-13-5-7-3-1-2-4-8(7)9/h1-6,10H,(H2,14,15,16,17). The number of nitrogens with one attached hydrogen (secondary N) is 2. The molecule has 1 atom stereocenters. The van der Waals surface area contributed by atoms with Crippen molar-refractivity contribution in [3.63, 3.8) is 0 Å². The van der Waals surface area contributed by atoms with E-state index in [1.165, 1.54) is 0 Å². The van der Waals surface area contributed by atoms with Gasteiger partial charge in [-0.3, -0.25) is 15.1 Å². The van der Waals surface area contributed by atoms with Gasteiger partial charge in [0.2, 0.25) is 0 Å². The minimum Gasteiger partial charge on any atom is -0.322 e. The zero-order chi connectivity index (χ0) is 11.8. The average molecular weight is 227 g/mol. The highest BCUT2D eigenvalue weighted by molar-refractivity contribution is 6.06. The number of carbonyl (C=O) groups excluding carboxylic acids is 2. The summed E-state index contributed by atoms with van der Waals surface area (Å²) < 4.78 is 0. The molecule has 1 aliphatic heterocycles. The van der Waals surface area contributed by atoms with Gasteiger partial charge in [0, 0.05) is 23.3 Å². The maximum absolute atomic E-state index is 11.6. The zero-order valence-corrected chi connectivity index (χ0v) is 8.81. The number of aromatic nitrogens is 1. The Labute approximate surface area is 96.8 Å². The van der Waals surface area contributed by atoms with E-state index in [-0.39, 0.29) is 5.91 Å². The van der Waals surface area contributed by atoms with E-state index in [0.717, 1.165) is 10.8 Å². The first-order valence-electron chi connectivity index (χ1n) is 5.20. The number of amides is 3. The van der Waals surface area contributed by atoms with Crippen molar-refractivity contribution < 1.29 is 9.59 Å². The molecule has 1 fully saturated rings.